The number of hydrogen-bond acceptors (Lipinski definition) is 7. The van der Waals surface area contributed by atoms with Crippen molar-refractivity contribution in [2.75, 3.05) is 6.61 Å². The standard InChI is InChI=1S/C26H38O7/c1-15(9-10-25(5)16(2)7-6-8-17(25)3)11-20(28)26-21(29)13-19(23(31)24(26)33-26)14-32-22(30)12-18(4)27/h7,11,13,17-18,20,23-24,27-28,31H,6,8-10,12,14H2,1-5H3. The average molecular weight is 463 g/mol. The summed E-state index contributed by atoms with van der Waals surface area (Å²) in [7, 11) is 0. The van der Waals surface area contributed by atoms with E-state index in [4.69, 9.17) is 9.47 Å². The third-order valence-electron chi connectivity index (χ3n) is 7.88. The Hall–Kier alpha value is -1.80. The predicted molar refractivity (Wildman–Crippen MR) is 123 cm³/mol. The fourth-order valence-electron chi connectivity index (χ4n) is 5.08. The van der Waals surface area contributed by atoms with Gasteiger partial charge in [-0.3, -0.25) is 9.59 Å². The van der Waals surface area contributed by atoms with Crippen molar-refractivity contribution in [3.8, 4) is 0 Å². The van der Waals surface area contributed by atoms with Crippen LogP contribution in [0.4, 0.5) is 0 Å². The first-order chi connectivity index (χ1) is 15.4. The van der Waals surface area contributed by atoms with Gasteiger partial charge < -0.3 is 24.8 Å². The van der Waals surface area contributed by atoms with Crippen LogP contribution >= 0.6 is 0 Å². The summed E-state index contributed by atoms with van der Waals surface area (Å²) in [6, 6.07) is 0. The molecule has 184 valence electrons. The fourth-order valence-corrected chi connectivity index (χ4v) is 5.08. The molecule has 0 saturated carbocycles. The minimum absolute atomic E-state index is 0.120. The molecule has 0 spiro atoms. The number of fused-ring (bicyclic) bond motifs is 1. The normalized spacial score (nSPS) is 35.8. The molecule has 1 heterocycles. The highest BCUT2D eigenvalue weighted by Crippen LogP contribution is 2.49. The molecule has 3 aliphatic rings. The van der Waals surface area contributed by atoms with Gasteiger partial charge in [-0.15, -0.1) is 0 Å². The van der Waals surface area contributed by atoms with Gasteiger partial charge in [0.1, 0.15) is 24.9 Å². The van der Waals surface area contributed by atoms with Crippen molar-refractivity contribution in [2.24, 2.45) is 11.3 Å². The Labute approximate surface area is 196 Å². The first kappa shape index (κ1) is 25.8. The van der Waals surface area contributed by atoms with E-state index in [0.717, 1.165) is 24.8 Å². The van der Waals surface area contributed by atoms with Crippen molar-refractivity contribution in [3.63, 3.8) is 0 Å². The summed E-state index contributed by atoms with van der Waals surface area (Å²) < 4.78 is 10.6. The van der Waals surface area contributed by atoms with E-state index >= 15 is 0 Å². The SMILES string of the molecule is CC(=CC(O)C12OC1C(O)C(COC(=O)CC(C)O)=CC2=O)CCC1(C)C(C)=CCCC1C. The lowest BCUT2D eigenvalue weighted by Gasteiger charge is -2.40. The number of ether oxygens (including phenoxy) is 2. The van der Waals surface area contributed by atoms with Gasteiger partial charge in [-0.05, 0) is 63.9 Å². The van der Waals surface area contributed by atoms with E-state index in [2.05, 4.69) is 26.8 Å². The Morgan fingerprint density at radius 2 is 2.09 bits per heavy atom. The number of carbonyl (C=O) groups is 2. The van der Waals surface area contributed by atoms with Crippen LogP contribution in [0.1, 0.15) is 66.7 Å². The smallest absolute Gasteiger partial charge is 0.308 e. The van der Waals surface area contributed by atoms with Gasteiger partial charge in [0.05, 0.1) is 12.5 Å². The van der Waals surface area contributed by atoms with Gasteiger partial charge in [0.15, 0.2) is 11.4 Å². The van der Waals surface area contributed by atoms with E-state index in [1.165, 1.54) is 25.0 Å². The fraction of sp³-hybridized carbons (Fsp3) is 0.692. The number of ketones is 1. The first-order valence-corrected chi connectivity index (χ1v) is 11.9. The second-order valence-corrected chi connectivity index (χ2v) is 10.3. The third kappa shape index (κ3) is 5.16. The van der Waals surface area contributed by atoms with Crippen LogP contribution in [0.3, 0.4) is 0 Å². The van der Waals surface area contributed by atoms with Gasteiger partial charge in [-0.2, -0.15) is 0 Å². The summed E-state index contributed by atoms with van der Waals surface area (Å²) in [4.78, 5) is 24.5. The first-order valence-electron chi connectivity index (χ1n) is 11.9. The molecule has 0 aromatic heterocycles. The molecule has 0 bridgehead atoms. The number of esters is 1. The van der Waals surface area contributed by atoms with Crippen LogP contribution in [0.2, 0.25) is 0 Å². The zero-order valence-corrected chi connectivity index (χ0v) is 20.3. The van der Waals surface area contributed by atoms with Crippen LogP contribution in [-0.4, -0.2) is 63.7 Å². The Kier molecular flexibility index (Phi) is 7.68. The minimum atomic E-state index is -1.48. The molecule has 1 saturated heterocycles. The summed E-state index contributed by atoms with van der Waals surface area (Å²) in [6.07, 6.45) is 5.04. The number of epoxide rings is 1. The second-order valence-electron chi connectivity index (χ2n) is 10.3. The summed E-state index contributed by atoms with van der Waals surface area (Å²) in [6.45, 7) is 9.93. The molecule has 0 amide bonds. The maximum atomic E-state index is 12.8. The molecule has 33 heavy (non-hydrogen) atoms. The molecule has 1 aliphatic heterocycles. The zero-order chi connectivity index (χ0) is 24.6. The molecule has 0 radical (unpaired) electrons. The molecule has 0 aromatic rings. The Morgan fingerprint density at radius 3 is 2.73 bits per heavy atom. The van der Waals surface area contributed by atoms with Crippen molar-refractivity contribution < 1.29 is 34.4 Å². The molecular weight excluding hydrogens is 424 g/mol. The molecule has 2 aliphatic carbocycles. The summed E-state index contributed by atoms with van der Waals surface area (Å²) in [5, 5.41) is 30.7. The van der Waals surface area contributed by atoms with E-state index in [-0.39, 0.29) is 24.0 Å². The van der Waals surface area contributed by atoms with Gasteiger partial charge >= 0.3 is 5.97 Å². The lowest BCUT2D eigenvalue weighted by atomic mass is 9.65. The number of aliphatic hydroxyl groups is 3. The van der Waals surface area contributed by atoms with Crippen molar-refractivity contribution in [2.45, 2.75) is 96.7 Å². The summed E-state index contributed by atoms with van der Waals surface area (Å²) in [5.41, 5.74) is 1.25. The minimum Gasteiger partial charge on any atom is -0.461 e. The molecule has 3 N–H and O–H groups in total. The molecule has 7 unspecified atom stereocenters. The van der Waals surface area contributed by atoms with Crippen LogP contribution < -0.4 is 0 Å². The Bertz CT molecular complexity index is 870. The quantitative estimate of drug-likeness (QED) is 0.274. The number of allylic oxidation sites excluding steroid dienone is 3. The van der Waals surface area contributed by atoms with Crippen molar-refractivity contribution in [1.82, 2.24) is 0 Å². The highest BCUT2D eigenvalue weighted by atomic mass is 16.6. The maximum Gasteiger partial charge on any atom is 0.308 e. The number of rotatable bonds is 9. The van der Waals surface area contributed by atoms with Crippen molar-refractivity contribution in [1.29, 1.82) is 0 Å². The number of aliphatic hydroxyl groups excluding tert-OH is 3. The number of hydrogen-bond donors (Lipinski definition) is 3. The molecule has 7 nitrogen and oxygen atoms in total. The van der Waals surface area contributed by atoms with Crippen LogP contribution in [0, 0.1) is 11.3 Å². The van der Waals surface area contributed by atoms with E-state index in [1.807, 2.05) is 6.92 Å². The molecule has 7 heteroatoms. The lowest BCUT2D eigenvalue weighted by Crippen LogP contribution is -2.45. The van der Waals surface area contributed by atoms with Gasteiger partial charge in [0.2, 0.25) is 0 Å². The summed E-state index contributed by atoms with van der Waals surface area (Å²) in [5.74, 6) is -0.477. The van der Waals surface area contributed by atoms with Crippen LogP contribution in [0.5, 0.6) is 0 Å². The van der Waals surface area contributed by atoms with Crippen molar-refractivity contribution in [3.05, 3.63) is 34.9 Å². The summed E-state index contributed by atoms with van der Waals surface area (Å²) >= 11 is 0. The van der Waals surface area contributed by atoms with Crippen LogP contribution in [0.25, 0.3) is 0 Å². The van der Waals surface area contributed by atoms with E-state index in [9.17, 15) is 24.9 Å². The highest BCUT2D eigenvalue weighted by molar-refractivity contribution is 6.02. The maximum absolute atomic E-state index is 12.8. The average Bonchev–Trinajstić information content (AvgIpc) is 3.50. The van der Waals surface area contributed by atoms with Crippen LogP contribution in [0.15, 0.2) is 34.9 Å². The van der Waals surface area contributed by atoms with Gasteiger partial charge in [-0.1, -0.05) is 37.1 Å². The van der Waals surface area contributed by atoms with E-state index < -0.39 is 41.8 Å². The third-order valence-corrected chi connectivity index (χ3v) is 7.88. The molecule has 3 rings (SSSR count). The van der Waals surface area contributed by atoms with Crippen molar-refractivity contribution >= 4 is 11.8 Å². The lowest BCUT2D eigenvalue weighted by molar-refractivity contribution is -0.145. The van der Waals surface area contributed by atoms with E-state index in [0.29, 0.717) is 5.92 Å². The largest absolute Gasteiger partial charge is 0.461 e. The van der Waals surface area contributed by atoms with Gasteiger partial charge in [0, 0.05) is 5.57 Å². The predicted octanol–water partition coefficient (Wildman–Crippen LogP) is 2.78. The Balaban J connectivity index is 1.63. The van der Waals surface area contributed by atoms with Gasteiger partial charge in [-0.25, -0.2) is 0 Å². The zero-order valence-electron chi connectivity index (χ0n) is 20.3. The molecule has 7 atom stereocenters. The molecule has 1 fully saturated rings. The molecule has 0 aromatic carbocycles. The second kappa shape index (κ2) is 9.82. The van der Waals surface area contributed by atoms with Gasteiger partial charge in [0.25, 0.3) is 0 Å². The highest BCUT2D eigenvalue weighted by Gasteiger charge is 2.70. The molecular formula is C26H38O7. The topological polar surface area (TPSA) is 117 Å². The number of carbonyl (C=O) groups excluding carboxylic acids is 2. The van der Waals surface area contributed by atoms with Crippen LogP contribution in [-0.2, 0) is 19.1 Å². The van der Waals surface area contributed by atoms with E-state index in [1.54, 1.807) is 6.08 Å². The monoisotopic (exact) mass is 462 g/mol. The Morgan fingerprint density at radius 1 is 1.39 bits per heavy atom.